The summed E-state index contributed by atoms with van der Waals surface area (Å²) in [7, 11) is 0. The maximum absolute atomic E-state index is 13.8. The summed E-state index contributed by atoms with van der Waals surface area (Å²) >= 11 is 0. The van der Waals surface area contributed by atoms with Crippen molar-refractivity contribution in [1.82, 2.24) is 10.6 Å². The van der Waals surface area contributed by atoms with Crippen molar-refractivity contribution in [1.29, 1.82) is 0 Å². The van der Waals surface area contributed by atoms with Crippen LogP contribution < -0.4 is 16.0 Å². The van der Waals surface area contributed by atoms with Gasteiger partial charge in [0.2, 0.25) is 11.8 Å². The molecule has 0 saturated carbocycles. The number of aliphatic hydroxyl groups is 1. The van der Waals surface area contributed by atoms with Crippen molar-refractivity contribution in [2.24, 2.45) is 0 Å². The van der Waals surface area contributed by atoms with Crippen molar-refractivity contribution in [3.8, 4) is 0 Å². The molecule has 0 fully saturated rings. The summed E-state index contributed by atoms with van der Waals surface area (Å²) in [5.41, 5.74) is 1.37. The summed E-state index contributed by atoms with van der Waals surface area (Å²) in [6, 6.07) is 13.9. The number of amides is 2. The lowest BCUT2D eigenvalue weighted by Crippen LogP contribution is -2.48. The first kappa shape index (κ1) is 31.7. The monoisotopic (exact) mass is 577 g/mol. The van der Waals surface area contributed by atoms with Crippen molar-refractivity contribution >= 4 is 17.5 Å². The highest BCUT2D eigenvalue weighted by molar-refractivity contribution is 5.93. The van der Waals surface area contributed by atoms with Gasteiger partial charge < -0.3 is 21.1 Å². The minimum atomic E-state index is -4.57. The zero-order valence-corrected chi connectivity index (χ0v) is 22.4. The standard InChI is InChI=1S/C30H32F5N3O3/c1-2-19-5-3-6-20(11-19)17-36-18-27(39)26(14-21-12-23(31)16-24(32)13-21)38-29(41)10-9-28(40)37-25-8-4-7-22(15-25)30(33,34)35/h3-8,11-13,15-16,26-27,36,39H,2,9-10,14,17-18H2,1H3,(H,37,40)(H,38,41)/t26-,27+/m0/s1. The van der Waals surface area contributed by atoms with E-state index < -0.39 is 47.3 Å². The van der Waals surface area contributed by atoms with Gasteiger partial charge in [0, 0.05) is 37.7 Å². The molecule has 0 spiro atoms. The fourth-order valence-corrected chi connectivity index (χ4v) is 4.23. The number of benzene rings is 3. The van der Waals surface area contributed by atoms with E-state index in [4.69, 9.17) is 0 Å². The molecule has 220 valence electrons. The Morgan fingerprint density at radius 3 is 2.20 bits per heavy atom. The van der Waals surface area contributed by atoms with E-state index in [2.05, 4.69) is 16.0 Å². The lowest BCUT2D eigenvalue weighted by atomic mass is 10.00. The second kappa shape index (κ2) is 14.7. The highest BCUT2D eigenvalue weighted by Gasteiger charge is 2.30. The number of alkyl halides is 3. The number of halogens is 5. The van der Waals surface area contributed by atoms with Gasteiger partial charge in [0.15, 0.2) is 0 Å². The molecule has 41 heavy (non-hydrogen) atoms. The normalized spacial score (nSPS) is 13.0. The smallest absolute Gasteiger partial charge is 0.390 e. The average molecular weight is 578 g/mol. The van der Waals surface area contributed by atoms with Crippen LogP contribution in [0.1, 0.15) is 42.0 Å². The van der Waals surface area contributed by atoms with E-state index in [0.717, 1.165) is 47.9 Å². The summed E-state index contributed by atoms with van der Waals surface area (Å²) in [5.74, 6) is -2.92. The van der Waals surface area contributed by atoms with Crippen molar-refractivity contribution in [2.75, 3.05) is 11.9 Å². The lowest BCUT2D eigenvalue weighted by molar-refractivity contribution is -0.137. The summed E-state index contributed by atoms with van der Waals surface area (Å²) in [6.45, 7) is 2.53. The summed E-state index contributed by atoms with van der Waals surface area (Å²) < 4.78 is 66.3. The molecule has 0 unspecified atom stereocenters. The third-order valence-corrected chi connectivity index (χ3v) is 6.32. The highest BCUT2D eigenvalue weighted by atomic mass is 19.4. The van der Waals surface area contributed by atoms with Crippen LogP contribution in [0.3, 0.4) is 0 Å². The van der Waals surface area contributed by atoms with Crippen molar-refractivity contribution < 1.29 is 36.6 Å². The Labute approximate surface area is 235 Å². The number of hydrogen-bond donors (Lipinski definition) is 4. The number of aliphatic hydroxyl groups excluding tert-OH is 1. The van der Waals surface area contributed by atoms with E-state index >= 15 is 0 Å². The maximum Gasteiger partial charge on any atom is 0.416 e. The van der Waals surface area contributed by atoms with Gasteiger partial charge in [-0.2, -0.15) is 13.2 Å². The van der Waals surface area contributed by atoms with Crippen LogP contribution in [-0.2, 0) is 35.2 Å². The molecule has 0 aromatic heterocycles. The maximum atomic E-state index is 13.8. The topological polar surface area (TPSA) is 90.5 Å². The lowest BCUT2D eigenvalue weighted by Gasteiger charge is -2.25. The van der Waals surface area contributed by atoms with Crippen molar-refractivity contribution in [3.05, 3.63) is 101 Å². The van der Waals surface area contributed by atoms with Crippen molar-refractivity contribution in [2.45, 2.75) is 57.5 Å². The van der Waals surface area contributed by atoms with Crippen LogP contribution in [0.15, 0.2) is 66.7 Å². The quantitative estimate of drug-likeness (QED) is 0.212. The molecule has 6 nitrogen and oxygen atoms in total. The van der Waals surface area contributed by atoms with E-state index in [1.165, 1.54) is 6.07 Å². The molecule has 0 heterocycles. The Morgan fingerprint density at radius 2 is 1.51 bits per heavy atom. The molecule has 0 saturated heterocycles. The Morgan fingerprint density at radius 1 is 0.854 bits per heavy atom. The number of carbonyl (C=O) groups is 2. The van der Waals surface area contributed by atoms with Crippen molar-refractivity contribution in [3.63, 3.8) is 0 Å². The summed E-state index contributed by atoms with van der Waals surface area (Å²) in [5, 5.41) is 18.9. The van der Waals surface area contributed by atoms with E-state index in [1.54, 1.807) is 0 Å². The van der Waals surface area contributed by atoms with Crippen LogP contribution in [-0.4, -0.2) is 35.6 Å². The number of rotatable bonds is 13. The van der Waals surface area contributed by atoms with Gasteiger partial charge >= 0.3 is 6.18 Å². The molecular weight excluding hydrogens is 545 g/mol. The van der Waals surface area contributed by atoms with Gasteiger partial charge in [-0.1, -0.05) is 37.3 Å². The predicted molar refractivity (Wildman–Crippen MR) is 145 cm³/mol. The molecule has 0 aliphatic carbocycles. The number of anilines is 1. The van der Waals surface area contributed by atoms with E-state index in [9.17, 15) is 36.6 Å². The second-order valence-electron chi connectivity index (χ2n) is 9.65. The van der Waals surface area contributed by atoms with Gasteiger partial charge in [0.25, 0.3) is 0 Å². The molecule has 0 aliphatic heterocycles. The Kier molecular flexibility index (Phi) is 11.4. The summed E-state index contributed by atoms with van der Waals surface area (Å²) in [6.07, 6.45) is -5.62. The van der Waals surface area contributed by atoms with Gasteiger partial charge in [-0.15, -0.1) is 0 Å². The first-order valence-electron chi connectivity index (χ1n) is 13.1. The number of nitrogens with one attached hydrogen (secondary N) is 3. The third-order valence-electron chi connectivity index (χ3n) is 6.32. The molecule has 3 aromatic rings. The molecule has 2 amide bonds. The fourth-order valence-electron chi connectivity index (χ4n) is 4.23. The molecule has 3 aromatic carbocycles. The highest BCUT2D eigenvalue weighted by Crippen LogP contribution is 2.30. The third kappa shape index (κ3) is 10.6. The first-order valence-corrected chi connectivity index (χ1v) is 13.1. The molecule has 0 bridgehead atoms. The van der Waals surface area contributed by atoms with Crippen LogP contribution in [0.4, 0.5) is 27.6 Å². The van der Waals surface area contributed by atoms with E-state index in [0.29, 0.717) is 12.6 Å². The van der Waals surface area contributed by atoms with Crippen LogP contribution in [0.2, 0.25) is 0 Å². The predicted octanol–water partition coefficient (Wildman–Crippen LogP) is 5.14. The van der Waals surface area contributed by atoms with Gasteiger partial charge in [-0.25, -0.2) is 8.78 Å². The number of carbonyl (C=O) groups excluding carboxylic acids is 2. The van der Waals surface area contributed by atoms with Crippen LogP contribution >= 0.6 is 0 Å². The Balaban J connectivity index is 1.60. The van der Waals surface area contributed by atoms with Gasteiger partial charge in [-0.3, -0.25) is 9.59 Å². The largest absolute Gasteiger partial charge is 0.416 e. The molecule has 4 N–H and O–H groups in total. The SMILES string of the molecule is CCc1cccc(CNC[C@@H](O)[C@H](Cc2cc(F)cc(F)c2)NC(=O)CCC(=O)Nc2cccc(C(F)(F)F)c2)c1. The van der Waals surface area contributed by atoms with Gasteiger partial charge in [-0.05, 0) is 59.9 Å². The first-order chi connectivity index (χ1) is 19.4. The molecule has 0 aliphatic rings. The van der Waals surface area contributed by atoms with E-state index in [1.807, 2.05) is 31.2 Å². The number of aryl methyl sites for hydroxylation is 1. The van der Waals surface area contributed by atoms with Crippen LogP contribution in [0.25, 0.3) is 0 Å². The van der Waals surface area contributed by atoms with Gasteiger partial charge in [0.1, 0.15) is 11.6 Å². The van der Waals surface area contributed by atoms with E-state index in [-0.39, 0.29) is 37.1 Å². The molecule has 3 rings (SSSR count). The molecule has 2 atom stereocenters. The average Bonchev–Trinajstić information content (AvgIpc) is 2.91. The molecule has 0 radical (unpaired) electrons. The number of hydrogen-bond acceptors (Lipinski definition) is 4. The fraction of sp³-hybridized carbons (Fsp3) is 0.333. The Bertz CT molecular complexity index is 1310. The van der Waals surface area contributed by atoms with Crippen LogP contribution in [0.5, 0.6) is 0 Å². The zero-order valence-electron chi connectivity index (χ0n) is 22.4. The minimum absolute atomic E-state index is 0.0507. The second-order valence-corrected chi connectivity index (χ2v) is 9.65. The van der Waals surface area contributed by atoms with Crippen LogP contribution in [0, 0.1) is 11.6 Å². The summed E-state index contributed by atoms with van der Waals surface area (Å²) in [4.78, 5) is 24.9. The molecule has 11 heteroatoms. The molecular formula is C30H32F5N3O3. The van der Waals surface area contributed by atoms with Gasteiger partial charge in [0.05, 0.1) is 17.7 Å². The Hall–Kier alpha value is -3.83. The minimum Gasteiger partial charge on any atom is -0.390 e. The zero-order chi connectivity index (χ0) is 30.0.